The van der Waals surface area contributed by atoms with Crippen LogP contribution in [0.1, 0.15) is 24.1 Å². The molecule has 3 rings (SSSR count). The van der Waals surface area contributed by atoms with E-state index in [1.54, 1.807) is 0 Å². The quantitative estimate of drug-likeness (QED) is 0.896. The van der Waals surface area contributed by atoms with Crippen LogP contribution < -0.4 is 10.2 Å². The Labute approximate surface area is 143 Å². The van der Waals surface area contributed by atoms with Gasteiger partial charge in [-0.25, -0.2) is 0 Å². The molecule has 0 saturated carbocycles. The summed E-state index contributed by atoms with van der Waals surface area (Å²) in [5.74, 6) is 0. The highest BCUT2D eigenvalue weighted by molar-refractivity contribution is 6.30. The van der Waals surface area contributed by atoms with E-state index in [1.807, 2.05) is 12.1 Å². The molecule has 2 aromatic carbocycles. The van der Waals surface area contributed by atoms with E-state index in [1.165, 1.54) is 16.8 Å². The second-order valence-electron chi connectivity index (χ2n) is 5.92. The highest BCUT2D eigenvalue weighted by atomic mass is 35.5. The van der Waals surface area contributed by atoms with Crippen LogP contribution in [0.2, 0.25) is 5.02 Å². The topological polar surface area (TPSA) is 24.5 Å². The van der Waals surface area contributed by atoms with Gasteiger partial charge in [0.25, 0.3) is 0 Å². The second kappa shape index (κ2) is 7.82. The van der Waals surface area contributed by atoms with Crippen LogP contribution in [0.25, 0.3) is 0 Å². The summed E-state index contributed by atoms with van der Waals surface area (Å²) < 4.78 is 5.40. The van der Waals surface area contributed by atoms with Gasteiger partial charge in [-0.15, -0.1) is 0 Å². The first kappa shape index (κ1) is 16.3. The summed E-state index contributed by atoms with van der Waals surface area (Å²) >= 11 is 5.94. The standard InChI is InChI=1S/C19H23ClN2O/c1-15(17-4-6-18(20)7-5-17)21-14-16-2-8-19(9-3-16)22-10-12-23-13-11-22/h2-9,15,21H,10-14H2,1H3. The van der Waals surface area contributed by atoms with Gasteiger partial charge >= 0.3 is 0 Å². The Bertz CT molecular complexity index is 606. The molecule has 3 nitrogen and oxygen atoms in total. The van der Waals surface area contributed by atoms with Gasteiger partial charge in [-0.2, -0.15) is 0 Å². The second-order valence-corrected chi connectivity index (χ2v) is 6.36. The molecule has 1 atom stereocenters. The Morgan fingerprint density at radius 2 is 1.70 bits per heavy atom. The van der Waals surface area contributed by atoms with E-state index >= 15 is 0 Å². The van der Waals surface area contributed by atoms with Crippen molar-refractivity contribution in [1.82, 2.24) is 5.32 Å². The van der Waals surface area contributed by atoms with Crippen LogP contribution in [0.4, 0.5) is 5.69 Å². The number of ether oxygens (including phenoxy) is 1. The van der Waals surface area contributed by atoms with Crippen molar-refractivity contribution in [3.8, 4) is 0 Å². The molecule has 0 aromatic heterocycles. The number of nitrogens with zero attached hydrogens (tertiary/aromatic N) is 1. The number of hydrogen-bond donors (Lipinski definition) is 1. The van der Waals surface area contributed by atoms with E-state index in [-0.39, 0.29) is 0 Å². The molecule has 1 heterocycles. The minimum absolute atomic E-state index is 0.297. The fourth-order valence-electron chi connectivity index (χ4n) is 2.79. The molecule has 23 heavy (non-hydrogen) atoms. The van der Waals surface area contributed by atoms with Crippen LogP contribution in [0, 0.1) is 0 Å². The molecular weight excluding hydrogens is 308 g/mol. The van der Waals surface area contributed by atoms with E-state index in [0.29, 0.717) is 6.04 Å². The van der Waals surface area contributed by atoms with E-state index in [4.69, 9.17) is 16.3 Å². The highest BCUT2D eigenvalue weighted by Gasteiger charge is 2.11. The maximum atomic E-state index is 5.94. The molecule has 1 N–H and O–H groups in total. The zero-order valence-electron chi connectivity index (χ0n) is 13.5. The number of hydrogen-bond acceptors (Lipinski definition) is 3. The van der Waals surface area contributed by atoms with E-state index in [2.05, 4.69) is 53.5 Å². The van der Waals surface area contributed by atoms with E-state index < -0.39 is 0 Å². The van der Waals surface area contributed by atoms with Gasteiger partial charge in [-0.05, 0) is 42.3 Å². The van der Waals surface area contributed by atoms with Gasteiger partial charge in [0.15, 0.2) is 0 Å². The highest BCUT2D eigenvalue weighted by Crippen LogP contribution is 2.19. The molecule has 0 aliphatic carbocycles. The summed E-state index contributed by atoms with van der Waals surface area (Å²) in [5, 5.41) is 4.33. The van der Waals surface area contributed by atoms with Crippen LogP contribution in [0.3, 0.4) is 0 Å². The Balaban J connectivity index is 1.54. The summed E-state index contributed by atoms with van der Waals surface area (Å²) in [6.45, 7) is 6.62. The molecule has 1 saturated heterocycles. The Hall–Kier alpha value is -1.55. The Morgan fingerprint density at radius 3 is 2.35 bits per heavy atom. The lowest BCUT2D eigenvalue weighted by molar-refractivity contribution is 0.122. The largest absolute Gasteiger partial charge is 0.378 e. The van der Waals surface area contributed by atoms with Gasteiger partial charge in [-0.3, -0.25) is 0 Å². The zero-order chi connectivity index (χ0) is 16.1. The molecular formula is C19H23ClN2O. The van der Waals surface area contributed by atoms with Crippen LogP contribution in [-0.4, -0.2) is 26.3 Å². The number of morpholine rings is 1. The minimum atomic E-state index is 0.297. The molecule has 0 radical (unpaired) electrons. The molecule has 122 valence electrons. The molecule has 0 amide bonds. The maximum absolute atomic E-state index is 5.94. The SMILES string of the molecule is CC(NCc1ccc(N2CCOCC2)cc1)c1ccc(Cl)cc1. The smallest absolute Gasteiger partial charge is 0.0642 e. The van der Waals surface area contributed by atoms with Gasteiger partial charge in [0.05, 0.1) is 13.2 Å². The van der Waals surface area contributed by atoms with Crippen LogP contribution in [0.15, 0.2) is 48.5 Å². The first-order valence-electron chi connectivity index (χ1n) is 8.13. The number of nitrogens with one attached hydrogen (secondary N) is 1. The van der Waals surface area contributed by atoms with Crippen LogP contribution >= 0.6 is 11.6 Å². The number of rotatable bonds is 5. The normalized spacial score (nSPS) is 16.3. The van der Waals surface area contributed by atoms with Gasteiger partial charge in [0.2, 0.25) is 0 Å². The van der Waals surface area contributed by atoms with Crippen LogP contribution in [-0.2, 0) is 11.3 Å². The first-order chi connectivity index (χ1) is 11.2. The number of anilines is 1. The van der Waals surface area contributed by atoms with Crippen molar-refractivity contribution in [3.63, 3.8) is 0 Å². The maximum Gasteiger partial charge on any atom is 0.0642 e. The lowest BCUT2D eigenvalue weighted by Gasteiger charge is -2.29. The molecule has 4 heteroatoms. The average molecular weight is 331 g/mol. The van der Waals surface area contributed by atoms with Crippen molar-refractivity contribution >= 4 is 17.3 Å². The predicted molar refractivity (Wildman–Crippen MR) is 96.2 cm³/mol. The molecule has 0 spiro atoms. The van der Waals surface area contributed by atoms with Gasteiger partial charge in [0.1, 0.15) is 0 Å². The van der Waals surface area contributed by atoms with Crippen LogP contribution in [0.5, 0.6) is 0 Å². The third-order valence-electron chi connectivity index (χ3n) is 4.29. The molecule has 1 fully saturated rings. The minimum Gasteiger partial charge on any atom is -0.378 e. The first-order valence-corrected chi connectivity index (χ1v) is 8.50. The van der Waals surface area contributed by atoms with Gasteiger partial charge in [0, 0.05) is 36.4 Å². The molecule has 0 bridgehead atoms. The fourth-order valence-corrected chi connectivity index (χ4v) is 2.91. The predicted octanol–water partition coefficient (Wildman–Crippen LogP) is 4.03. The monoisotopic (exact) mass is 330 g/mol. The third kappa shape index (κ3) is 4.47. The van der Waals surface area contributed by atoms with Crippen molar-refractivity contribution in [3.05, 3.63) is 64.7 Å². The summed E-state index contributed by atoms with van der Waals surface area (Å²) in [5.41, 5.74) is 3.82. The number of halogens is 1. The van der Waals surface area contributed by atoms with E-state index in [9.17, 15) is 0 Å². The van der Waals surface area contributed by atoms with Crippen molar-refractivity contribution in [1.29, 1.82) is 0 Å². The fraction of sp³-hybridized carbons (Fsp3) is 0.368. The molecule has 1 aliphatic heterocycles. The average Bonchev–Trinajstić information content (AvgIpc) is 2.61. The van der Waals surface area contributed by atoms with E-state index in [0.717, 1.165) is 37.9 Å². The molecule has 1 unspecified atom stereocenters. The van der Waals surface area contributed by atoms with Crippen molar-refractivity contribution in [2.75, 3.05) is 31.2 Å². The molecule has 1 aliphatic rings. The summed E-state index contributed by atoms with van der Waals surface area (Å²) in [6.07, 6.45) is 0. The van der Waals surface area contributed by atoms with Crippen molar-refractivity contribution < 1.29 is 4.74 Å². The molecule has 2 aromatic rings. The lowest BCUT2D eigenvalue weighted by atomic mass is 10.1. The summed E-state index contributed by atoms with van der Waals surface area (Å²) in [6, 6.07) is 17.1. The Morgan fingerprint density at radius 1 is 1.04 bits per heavy atom. The lowest BCUT2D eigenvalue weighted by Crippen LogP contribution is -2.36. The Kier molecular flexibility index (Phi) is 5.55. The number of benzene rings is 2. The summed E-state index contributed by atoms with van der Waals surface area (Å²) in [7, 11) is 0. The van der Waals surface area contributed by atoms with Gasteiger partial charge in [-0.1, -0.05) is 35.9 Å². The zero-order valence-corrected chi connectivity index (χ0v) is 14.2. The third-order valence-corrected chi connectivity index (χ3v) is 4.55. The van der Waals surface area contributed by atoms with Gasteiger partial charge < -0.3 is 15.0 Å². The van der Waals surface area contributed by atoms with Crippen molar-refractivity contribution in [2.24, 2.45) is 0 Å². The summed E-state index contributed by atoms with van der Waals surface area (Å²) in [4.78, 5) is 2.37. The van der Waals surface area contributed by atoms with Crippen molar-refractivity contribution in [2.45, 2.75) is 19.5 Å².